The quantitative estimate of drug-likeness (QED) is 0.504. The van der Waals surface area contributed by atoms with E-state index in [9.17, 15) is 10.1 Å². The Balaban J connectivity index is 2.52. The van der Waals surface area contributed by atoms with Crippen molar-refractivity contribution >= 4 is 6.08 Å². The molecule has 0 saturated carbocycles. The molecule has 1 radical (unpaired) electrons. The monoisotopic (exact) mass is 162 g/mol. The Morgan fingerprint density at radius 2 is 1.92 bits per heavy atom. The lowest BCUT2D eigenvalue weighted by atomic mass is 10.2. The van der Waals surface area contributed by atoms with E-state index in [1.54, 1.807) is 6.08 Å². The van der Waals surface area contributed by atoms with E-state index in [2.05, 4.69) is 0 Å². The molecule has 3 nitrogen and oxygen atoms in total. The first-order chi connectivity index (χ1) is 5.79. The molecule has 1 rings (SSSR count). The third-order valence-electron chi connectivity index (χ3n) is 1.30. The topological polar surface area (TPSA) is 43.1 Å². The second-order valence-electron chi connectivity index (χ2n) is 2.20. The predicted molar refractivity (Wildman–Crippen MR) is 46.8 cm³/mol. The summed E-state index contributed by atoms with van der Waals surface area (Å²) in [4.78, 5) is 9.40. The van der Waals surface area contributed by atoms with Crippen molar-refractivity contribution in [1.29, 1.82) is 0 Å². The van der Waals surface area contributed by atoms with Crippen LogP contribution in [0.2, 0.25) is 0 Å². The van der Waals surface area contributed by atoms with Gasteiger partial charge < -0.3 is 0 Å². The van der Waals surface area contributed by atoms with Gasteiger partial charge in [0.05, 0.1) is 0 Å². The van der Waals surface area contributed by atoms with Gasteiger partial charge >= 0.3 is 6.54 Å². The van der Waals surface area contributed by atoms with Crippen LogP contribution in [-0.2, 0) is 0 Å². The maximum absolute atomic E-state index is 9.89. The molecule has 1 aromatic carbocycles. The van der Waals surface area contributed by atoms with E-state index in [1.807, 2.05) is 30.3 Å². The Labute approximate surface area is 70.5 Å². The summed E-state index contributed by atoms with van der Waals surface area (Å²) in [6, 6.07) is 9.42. The number of nitrogens with zero attached hydrogens (tertiary/aromatic N) is 1. The van der Waals surface area contributed by atoms with E-state index in [0.717, 1.165) is 12.1 Å². The van der Waals surface area contributed by atoms with Crippen LogP contribution >= 0.6 is 0 Å². The van der Waals surface area contributed by atoms with Crippen LogP contribution in [-0.4, -0.2) is 4.92 Å². The predicted octanol–water partition coefficient (Wildman–Crippen LogP) is 2.14. The maximum atomic E-state index is 9.89. The molecule has 0 atom stereocenters. The number of benzene rings is 1. The largest absolute Gasteiger partial charge is 0.301 e. The average Bonchev–Trinajstić information content (AvgIpc) is 2.05. The maximum Gasteiger partial charge on any atom is 0.301 e. The Morgan fingerprint density at radius 3 is 2.50 bits per heavy atom. The number of nitro groups is 1. The van der Waals surface area contributed by atoms with Gasteiger partial charge in [-0.15, -0.1) is 0 Å². The fourth-order valence-electron chi connectivity index (χ4n) is 0.789. The summed E-state index contributed by atoms with van der Waals surface area (Å²) in [7, 11) is 0. The molecule has 0 aliphatic heterocycles. The van der Waals surface area contributed by atoms with Gasteiger partial charge in [0.2, 0.25) is 0 Å². The summed E-state index contributed by atoms with van der Waals surface area (Å²) in [5, 5.41) is 9.89. The minimum absolute atomic E-state index is 0.487. The van der Waals surface area contributed by atoms with Gasteiger partial charge in [-0.25, -0.2) is 0 Å². The molecule has 0 amide bonds. The Kier molecular flexibility index (Phi) is 3.02. The van der Waals surface area contributed by atoms with Crippen LogP contribution in [0.15, 0.2) is 36.4 Å². The Morgan fingerprint density at radius 1 is 1.25 bits per heavy atom. The van der Waals surface area contributed by atoms with Crippen molar-refractivity contribution in [2.45, 2.75) is 0 Å². The fourth-order valence-corrected chi connectivity index (χ4v) is 0.789. The smallest absolute Gasteiger partial charge is 0.264 e. The molecular formula is C9H8NO2. The zero-order valence-corrected chi connectivity index (χ0v) is 6.38. The summed E-state index contributed by atoms with van der Waals surface area (Å²) in [5.74, 6) is 0. The second-order valence-corrected chi connectivity index (χ2v) is 2.20. The first-order valence-electron chi connectivity index (χ1n) is 3.49. The van der Waals surface area contributed by atoms with Crippen molar-refractivity contribution in [3.05, 3.63) is 58.6 Å². The molecule has 3 heteroatoms. The molecule has 0 unspecified atom stereocenters. The normalized spacial score (nSPS) is 10.3. The first kappa shape index (κ1) is 8.46. The summed E-state index contributed by atoms with van der Waals surface area (Å²) >= 11 is 0. The van der Waals surface area contributed by atoms with E-state index in [0.29, 0.717) is 0 Å². The van der Waals surface area contributed by atoms with Gasteiger partial charge in [-0.1, -0.05) is 36.4 Å². The van der Waals surface area contributed by atoms with Crippen LogP contribution in [0.5, 0.6) is 0 Å². The zero-order chi connectivity index (χ0) is 8.81. The van der Waals surface area contributed by atoms with Crippen molar-refractivity contribution in [1.82, 2.24) is 0 Å². The summed E-state index contributed by atoms with van der Waals surface area (Å²) in [5.41, 5.74) is 0.954. The minimum Gasteiger partial charge on any atom is -0.264 e. The molecule has 0 aliphatic carbocycles. The molecule has 12 heavy (non-hydrogen) atoms. The second kappa shape index (κ2) is 4.28. The molecule has 0 bridgehead atoms. The van der Waals surface area contributed by atoms with E-state index in [4.69, 9.17) is 0 Å². The van der Waals surface area contributed by atoms with Crippen LogP contribution < -0.4 is 0 Å². The summed E-state index contributed by atoms with van der Waals surface area (Å²) in [6.07, 6.45) is 3.10. The number of hydrogen-bond acceptors (Lipinski definition) is 2. The molecule has 0 spiro atoms. The van der Waals surface area contributed by atoms with Crippen molar-refractivity contribution in [2.24, 2.45) is 0 Å². The van der Waals surface area contributed by atoms with Crippen LogP contribution in [0.3, 0.4) is 0 Å². The van der Waals surface area contributed by atoms with E-state index in [-0.39, 0.29) is 0 Å². The number of hydrogen-bond donors (Lipinski definition) is 0. The molecule has 1 aromatic rings. The van der Waals surface area contributed by atoms with Crippen molar-refractivity contribution in [3.8, 4) is 0 Å². The Hall–Kier alpha value is -1.64. The van der Waals surface area contributed by atoms with Crippen molar-refractivity contribution < 1.29 is 4.92 Å². The van der Waals surface area contributed by atoms with Crippen molar-refractivity contribution in [2.75, 3.05) is 0 Å². The molecule has 0 N–H and O–H groups in total. The summed E-state index contributed by atoms with van der Waals surface area (Å²) in [6.45, 7) is 0.910. The standard InChI is InChI=1S/C9H8NO2/c11-10(12)8-4-7-9-5-2-1-3-6-9/h1-8H/b7-4+. The lowest BCUT2D eigenvalue weighted by Crippen LogP contribution is -1.87. The van der Waals surface area contributed by atoms with E-state index in [1.165, 1.54) is 6.08 Å². The Bertz CT molecular complexity index is 280. The van der Waals surface area contributed by atoms with Gasteiger partial charge in [-0.2, -0.15) is 0 Å². The van der Waals surface area contributed by atoms with Crippen LogP contribution in [0.25, 0.3) is 6.08 Å². The molecule has 0 heterocycles. The van der Waals surface area contributed by atoms with Gasteiger partial charge in [0.1, 0.15) is 0 Å². The fraction of sp³-hybridized carbons (Fsp3) is 0. The highest BCUT2D eigenvalue weighted by Crippen LogP contribution is 2.01. The van der Waals surface area contributed by atoms with E-state index >= 15 is 0 Å². The van der Waals surface area contributed by atoms with Gasteiger partial charge in [0.25, 0.3) is 0 Å². The SMILES string of the molecule is O=[N+]([O-])[CH]/C=C/c1ccccc1. The van der Waals surface area contributed by atoms with Gasteiger partial charge in [0.15, 0.2) is 0 Å². The lowest BCUT2D eigenvalue weighted by Gasteiger charge is -1.88. The van der Waals surface area contributed by atoms with Crippen LogP contribution in [0.1, 0.15) is 5.56 Å². The van der Waals surface area contributed by atoms with Gasteiger partial charge in [-0.3, -0.25) is 10.1 Å². The average molecular weight is 162 g/mol. The summed E-state index contributed by atoms with van der Waals surface area (Å²) < 4.78 is 0. The highest BCUT2D eigenvalue weighted by Gasteiger charge is 1.90. The number of rotatable bonds is 3. The van der Waals surface area contributed by atoms with Crippen LogP contribution in [0, 0.1) is 16.7 Å². The molecule has 0 aliphatic rings. The van der Waals surface area contributed by atoms with Gasteiger partial charge in [0, 0.05) is 4.92 Å². The highest BCUT2D eigenvalue weighted by molar-refractivity contribution is 5.49. The molecule has 0 saturated heterocycles. The molecular weight excluding hydrogens is 154 g/mol. The molecule has 61 valence electrons. The zero-order valence-electron chi connectivity index (χ0n) is 6.38. The third-order valence-corrected chi connectivity index (χ3v) is 1.30. The lowest BCUT2D eigenvalue weighted by molar-refractivity contribution is -0.428. The molecule has 0 aromatic heterocycles. The minimum atomic E-state index is -0.487. The van der Waals surface area contributed by atoms with E-state index < -0.39 is 4.92 Å². The first-order valence-corrected chi connectivity index (χ1v) is 3.49. The highest BCUT2D eigenvalue weighted by atomic mass is 16.6. The van der Waals surface area contributed by atoms with Crippen molar-refractivity contribution in [3.63, 3.8) is 0 Å². The molecule has 0 fully saturated rings. The third kappa shape index (κ3) is 2.96. The van der Waals surface area contributed by atoms with Gasteiger partial charge in [-0.05, 0) is 11.6 Å². The van der Waals surface area contributed by atoms with Crippen LogP contribution in [0.4, 0.5) is 0 Å².